The number of nitriles is 1. The maximum Gasteiger partial charge on any atom is 0.287 e. The van der Waals surface area contributed by atoms with Crippen molar-refractivity contribution >= 4 is 35.2 Å². The number of aliphatic hydroxyl groups excluding tert-OH is 2. The first-order valence-corrected chi connectivity index (χ1v) is 12.3. The number of nitrogens with one attached hydrogen (secondary N) is 3. The van der Waals surface area contributed by atoms with Crippen LogP contribution < -0.4 is 33.2 Å². The Morgan fingerprint density at radius 1 is 0.977 bits per heavy atom. The lowest BCUT2D eigenvalue weighted by molar-refractivity contribution is -0.385. The number of anilines is 2. The third-order valence-corrected chi connectivity index (χ3v) is 5.39. The lowest BCUT2D eigenvalue weighted by Gasteiger charge is -2.15. The summed E-state index contributed by atoms with van der Waals surface area (Å²) in [6, 6.07) is 8.98. The summed E-state index contributed by atoms with van der Waals surface area (Å²) >= 11 is 0. The highest BCUT2D eigenvalue weighted by Crippen LogP contribution is 2.23. The topological polar surface area (TPSA) is 311 Å². The molecule has 3 rings (SSSR count). The fourth-order valence-corrected chi connectivity index (χ4v) is 3.05. The van der Waals surface area contributed by atoms with E-state index in [1.54, 1.807) is 24.3 Å². The highest BCUT2D eigenvalue weighted by Gasteiger charge is 2.22. The molecule has 2 atom stereocenters. The molecule has 0 saturated carbocycles. The van der Waals surface area contributed by atoms with Crippen molar-refractivity contribution < 1.29 is 29.5 Å². The van der Waals surface area contributed by atoms with Crippen LogP contribution in [0.2, 0.25) is 0 Å². The molecule has 3 aromatic rings. The second-order valence-corrected chi connectivity index (χ2v) is 8.46. The van der Waals surface area contributed by atoms with Crippen molar-refractivity contribution in [2.45, 2.75) is 12.1 Å². The summed E-state index contributed by atoms with van der Waals surface area (Å²) in [6.45, 7) is -0.343. The van der Waals surface area contributed by atoms with Crippen LogP contribution in [0.5, 0.6) is 0 Å². The zero-order valence-electron chi connectivity index (χ0n) is 22.5. The van der Waals surface area contributed by atoms with Crippen molar-refractivity contribution in [1.82, 2.24) is 20.3 Å². The van der Waals surface area contributed by atoms with Gasteiger partial charge in [0.15, 0.2) is 0 Å². The van der Waals surface area contributed by atoms with Gasteiger partial charge < -0.3 is 43.4 Å². The second kappa shape index (κ2) is 16.5. The largest absolute Gasteiger partial charge is 0.394 e. The van der Waals surface area contributed by atoms with E-state index in [0.29, 0.717) is 30.0 Å². The zero-order chi connectivity index (χ0) is 31.9. The number of carbonyl (C=O) groups excluding carboxylic acids is 3. The Morgan fingerprint density at radius 2 is 1.65 bits per heavy atom. The van der Waals surface area contributed by atoms with E-state index in [1.165, 1.54) is 18.3 Å². The second-order valence-electron chi connectivity index (χ2n) is 8.46. The normalized spacial score (nSPS) is 11.5. The Balaban J connectivity index is 0.000000821. The summed E-state index contributed by atoms with van der Waals surface area (Å²) in [5.74, 6) is -1.66. The molecule has 2 aromatic heterocycles. The fraction of sp³-hybridized carbons (Fsp3) is 0.240. The first-order valence-electron chi connectivity index (χ1n) is 12.3. The quantitative estimate of drug-likeness (QED) is 0.0615. The molecule has 0 fully saturated rings. The summed E-state index contributed by atoms with van der Waals surface area (Å²) in [4.78, 5) is 56.7. The number of nitrogens with zero attached hydrogens (tertiary/aromatic N) is 5. The average molecular weight is 596 g/mol. The number of nitro groups is 1. The maximum absolute atomic E-state index is 12.8. The molecule has 43 heavy (non-hydrogen) atoms. The number of hydrogen-bond acceptors (Lipinski definition) is 14. The van der Waals surface area contributed by atoms with Gasteiger partial charge in [-0.3, -0.25) is 24.5 Å². The van der Waals surface area contributed by atoms with Gasteiger partial charge in [0.1, 0.15) is 24.1 Å². The molecule has 0 spiro atoms. The first kappa shape index (κ1) is 33.4. The zero-order valence-corrected chi connectivity index (χ0v) is 22.5. The summed E-state index contributed by atoms with van der Waals surface area (Å²) in [7, 11) is 0. The van der Waals surface area contributed by atoms with Crippen molar-refractivity contribution in [3.63, 3.8) is 0 Å². The van der Waals surface area contributed by atoms with Crippen molar-refractivity contribution in [3.05, 3.63) is 70.0 Å². The molecule has 0 bridgehead atoms. The molecular formula is C25H29N11O7. The third-order valence-electron chi connectivity index (χ3n) is 5.39. The lowest BCUT2D eigenvalue weighted by Crippen LogP contribution is -2.47. The van der Waals surface area contributed by atoms with E-state index in [0.717, 1.165) is 6.20 Å². The summed E-state index contributed by atoms with van der Waals surface area (Å²) < 4.78 is 0. The van der Waals surface area contributed by atoms with Crippen LogP contribution in [0.4, 0.5) is 17.5 Å². The summed E-state index contributed by atoms with van der Waals surface area (Å²) in [5, 5.41) is 45.5. The van der Waals surface area contributed by atoms with Gasteiger partial charge in [0.25, 0.3) is 11.6 Å². The number of aromatic nitrogens is 3. The molecule has 0 aliphatic heterocycles. The van der Waals surface area contributed by atoms with Crippen molar-refractivity contribution in [2.24, 2.45) is 17.2 Å². The Hall–Kier alpha value is -5.77. The summed E-state index contributed by atoms with van der Waals surface area (Å²) in [6.07, 6.45) is 2.41. The van der Waals surface area contributed by atoms with E-state index < -0.39 is 41.3 Å². The molecule has 0 radical (unpaired) electrons. The van der Waals surface area contributed by atoms with E-state index in [2.05, 4.69) is 36.6 Å². The van der Waals surface area contributed by atoms with E-state index in [-0.39, 0.29) is 29.5 Å². The van der Waals surface area contributed by atoms with Crippen molar-refractivity contribution in [2.75, 3.05) is 36.9 Å². The molecular weight excluding hydrogens is 566 g/mol. The number of benzene rings is 1. The van der Waals surface area contributed by atoms with Gasteiger partial charge in [0.05, 0.1) is 41.0 Å². The molecule has 3 amide bonds. The van der Waals surface area contributed by atoms with Crippen molar-refractivity contribution in [1.29, 1.82) is 5.26 Å². The summed E-state index contributed by atoms with van der Waals surface area (Å²) in [5.41, 5.74) is 15.8. The molecule has 11 N–H and O–H groups in total. The molecule has 18 nitrogen and oxygen atoms in total. The van der Waals surface area contributed by atoms with Crippen LogP contribution in [0.1, 0.15) is 15.9 Å². The highest BCUT2D eigenvalue weighted by molar-refractivity contribution is 6.01. The number of aliphatic hydroxyl groups is 2. The van der Waals surface area contributed by atoms with E-state index in [9.17, 15) is 29.6 Å². The Kier molecular flexibility index (Phi) is 12.8. The van der Waals surface area contributed by atoms with Gasteiger partial charge in [0.2, 0.25) is 17.8 Å². The molecule has 226 valence electrons. The third kappa shape index (κ3) is 10.3. The molecule has 0 aliphatic carbocycles. The number of amides is 3. The number of pyridine rings is 1. The van der Waals surface area contributed by atoms with Crippen LogP contribution in [0.3, 0.4) is 0 Å². The molecule has 1 unspecified atom stereocenters. The maximum atomic E-state index is 12.8. The van der Waals surface area contributed by atoms with Gasteiger partial charge in [-0.1, -0.05) is 12.1 Å². The smallest absolute Gasteiger partial charge is 0.287 e. The first-order chi connectivity index (χ1) is 20.5. The predicted molar refractivity (Wildman–Crippen MR) is 152 cm³/mol. The van der Waals surface area contributed by atoms with Crippen LogP contribution in [0.25, 0.3) is 11.3 Å². The van der Waals surface area contributed by atoms with Crippen molar-refractivity contribution in [3.8, 4) is 17.3 Å². The van der Waals surface area contributed by atoms with Crippen LogP contribution >= 0.6 is 0 Å². The van der Waals surface area contributed by atoms with Crippen LogP contribution in [-0.4, -0.2) is 86.2 Å². The minimum absolute atomic E-state index is 0.0261. The number of nitrogens with two attached hydrogens (primary N) is 3. The van der Waals surface area contributed by atoms with Gasteiger partial charge in [-0.05, 0) is 18.2 Å². The number of carbonyl (C=O) groups is 3. The van der Waals surface area contributed by atoms with E-state index >= 15 is 0 Å². The predicted octanol–water partition coefficient (Wildman–Crippen LogP) is -1.79. The Bertz CT molecular complexity index is 1460. The van der Waals surface area contributed by atoms with Gasteiger partial charge in [0, 0.05) is 30.9 Å². The number of hydrogen-bond donors (Lipinski definition) is 8. The number of rotatable bonds is 13. The van der Waals surface area contributed by atoms with Gasteiger partial charge in [-0.2, -0.15) is 5.26 Å². The standard InChI is InChI=1S/C22H21N9O5.C3H8N2O2/c23-9-13-1-3-14(4-2-13)19-16(21(34)29-17(12-32)20(24)33)11-28-22(30-19)26-8-7-25-18-6-5-15(10-27-18)31(35)36;4-2(1-6)3(5)7/h1-6,10-11,17,32H,7-8,12H2,(H2,24,33)(H,25,27)(H,29,34)(H,26,28,30);2,6H,1,4H2,(H2,5,7)/t;2-/m.0/s1. The minimum atomic E-state index is -1.29. The Morgan fingerprint density at radius 3 is 2.14 bits per heavy atom. The van der Waals surface area contributed by atoms with Gasteiger partial charge >= 0.3 is 0 Å². The molecule has 1 aromatic carbocycles. The molecule has 0 aliphatic rings. The molecule has 0 saturated heterocycles. The van der Waals surface area contributed by atoms with Crippen LogP contribution in [0, 0.1) is 21.4 Å². The van der Waals surface area contributed by atoms with Crippen LogP contribution in [-0.2, 0) is 9.59 Å². The number of primary amides is 2. The van der Waals surface area contributed by atoms with E-state index in [1.807, 2.05) is 6.07 Å². The van der Waals surface area contributed by atoms with Gasteiger partial charge in [-0.15, -0.1) is 0 Å². The Labute approximate surface area is 244 Å². The highest BCUT2D eigenvalue weighted by atomic mass is 16.6. The minimum Gasteiger partial charge on any atom is -0.394 e. The van der Waals surface area contributed by atoms with Crippen LogP contribution in [0.15, 0.2) is 48.8 Å². The van der Waals surface area contributed by atoms with Gasteiger partial charge in [-0.25, -0.2) is 15.0 Å². The molecule has 2 heterocycles. The lowest BCUT2D eigenvalue weighted by atomic mass is 10.0. The average Bonchev–Trinajstić information content (AvgIpc) is 3.01. The monoisotopic (exact) mass is 595 g/mol. The molecule has 18 heteroatoms. The van der Waals surface area contributed by atoms with E-state index in [4.69, 9.17) is 21.8 Å². The fourth-order valence-electron chi connectivity index (χ4n) is 3.05. The SMILES string of the molecule is N#Cc1ccc(-c2nc(NCCNc3ccc([N+](=O)[O-])cn3)ncc2C(=O)NC(CO)C(N)=O)cc1.NC(=O)[C@@H](N)CO.